The summed E-state index contributed by atoms with van der Waals surface area (Å²) in [5.41, 5.74) is 0. The molecular weight excluding hydrogens is 150 g/mol. The van der Waals surface area contributed by atoms with Crippen molar-refractivity contribution in [3.05, 3.63) is 23.1 Å². The highest BCUT2D eigenvalue weighted by Crippen LogP contribution is 2.18. The number of rotatable bonds is 2. The van der Waals surface area contributed by atoms with Crippen molar-refractivity contribution in [2.75, 3.05) is 7.05 Å². The van der Waals surface area contributed by atoms with Crippen LogP contribution in [0.4, 0.5) is 0 Å². The molecule has 10 heavy (non-hydrogen) atoms. The quantitative estimate of drug-likeness (QED) is 0.716. The summed E-state index contributed by atoms with van der Waals surface area (Å²) in [6.07, 6.45) is 0. The van der Waals surface area contributed by atoms with Crippen LogP contribution in [0.3, 0.4) is 0 Å². The zero-order valence-electron chi connectivity index (χ0n) is 6.02. The van der Waals surface area contributed by atoms with Gasteiger partial charge >= 0.3 is 0 Å². The van der Waals surface area contributed by atoms with Crippen molar-refractivity contribution in [3.63, 3.8) is 0 Å². The van der Waals surface area contributed by atoms with E-state index in [1.54, 1.807) is 6.07 Å². The molecule has 1 rings (SSSR count). The van der Waals surface area contributed by atoms with Crippen molar-refractivity contribution in [2.45, 2.75) is 13.0 Å². The molecule has 0 aliphatic rings. The molecule has 0 bridgehead atoms. The highest BCUT2D eigenvalue weighted by atomic mass is 35.5. The van der Waals surface area contributed by atoms with Gasteiger partial charge in [0.15, 0.2) is 5.22 Å². The molecule has 0 fully saturated rings. The van der Waals surface area contributed by atoms with Crippen molar-refractivity contribution in [2.24, 2.45) is 0 Å². The second kappa shape index (κ2) is 3.08. The number of hydrogen-bond acceptors (Lipinski definition) is 2. The van der Waals surface area contributed by atoms with E-state index < -0.39 is 0 Å². The highest BCUT2D eigenvalue weighted by Gasteiger charge is 2.05. The summed E-state index contributed by atoms with van der Waals surface area (Å²) < 4.78 is 5.14. The van der Waals surface area contributed by atoms with Crippen LogP contribution in [0.1, 0.15) is 18.7 Å². The largest absolute Gasteiger partial charge is 0.448 e. The van der Waals surface area contributed by atoms with Crippen molar-refractivity contribution < 1.29 is 4.42 Å². The van der Waals surface area contributed by atoms with E-state index in [-0.39, 0.29) is 6.04 Å². The van der Waals surface area contributed by atoms with Crippen LogP contribution in [0.15, 0.2) is 16.5 Å². The third-order valence-corrected chi connectivity index (χ3v) is 1.66. The maximum absolute atomic E-state index is 5.57. The lowest BCUT2D eigenvalue weighted by molar-refractivity contribution is 0.451. The van der Waals surface area contributed by atoms with Gasteiger partial charge in [-0.1, -0.05) is 0 Å². The first-order chi connectivity index (χ1) is 4.74. The summed E-state index contributed by atoms with van der Waals surface area (Å²) >= 11 is 5.57. The first kappa shape index (κ1) is 7.63. The first-order valence-corrected chi connectivity index (χ1v) is 3.54. The predicted octanol–water partition coefficient (Wildman–Crippen LogP) is 2.21. The average Bonchev–Trinajstić information content (AvgIpc) is 2.34. The Bertz CT molecular complexity index is 209. The molecule has 0 spiro atoms. The molecular formula is C7H10ClNO. The Morgan fingerprint density at radius 2 is 2.30 bits per heavy atom. The fraction of sp³-hybridized carbons (Fsp3) is 0.429. The Morgan fingerprint density at radius 1 is 1.60 bits per heavy atom. The summed E-state index contributed by atoms with van der Waals surface area (Å²) in [6, 6.07) is 3.83. The molecule has 0 radical (unpaired) electrons. The van der Waals surface area contributed by atoms with E-state index >= 15 is 0 Å². The van der Waals surface area contributed by atoms with Crippen molar-refractivity contribution in [3.8, 4) is 0 Å². The molecule has 0 amide bonds. The SMILES string of the molecule is CN[C@H](C)c1ccc(Cl)o1. The predicted molar refractivity (Wildman–Crippen MR) is 41.2 cm³/mol. The Labute approximate surface area is 65.2 Å². The highest BCUT2D eigenvalue weighted by molar-refractivity contribution is 6.28. The van der Waals surface area contributed by atoms with Crippen LogP contribution in [0.2, 0.25) is 5.22 Å². The third kappa shape index (κ3) is 1.52. The Hall–Kier alpha value is -0.470. The van der Waals surface area contributed by atoms with E-state index in [9.17, 15) is 0 Å². The second-order valence-corrected chi connectivity index (χ2v) is 2.52. The van der Waals surface area contributed by atoms with Gasteiger partial charge in [0.2, 0.25) is 0 Å². The van der Waals surface area contributed by atoms with Crippen LogP contribution in [0.5, 0.6) is 0 Å². The molecule has 1 N–H and O–H groups in total. The molecule has 0 saturated heterocycles. The van der Waals surface area contributed by atoms with Crippen LogP contribution in [0.25, 0.3) is 0 Å². The van der Waals surface area contributed by atoms with Gasteiger partial charge in [0, 0.05) is 0 Å². The van der Waals surface area contributed by atoms with Crippen LogP contribution < -0.4 is 5.32 Å². The Balaban J connectivity index is 2.74. The van der Waals surface area contributed by atoms with Gasteiger partial charge in [0.05, 0.1) is 6.04 Å². The van der Waals surface area contributed by atoms with Crippen LogP contribution in [-0.4, -0.2) is 7.05 Å². The van der Waals surface area contributed by atoms with Crippen molar-refractivity contribution >= 4 is 11.6 Å². The molecule has 0 saturated carbocycles. The normalized spacial score (nSPS) is 13.5. The summed E-state index contributed by atoms with van der Waals surface area (Å²) in [5.74, 6) is 0.868. The minimum Gasteiger partial charge on any atom is -0.448 e. The van der Waals surface area contributed by atoms with E-state index in [0.29, 0.717) is 5.22 Å². The van der Waals surface area contributed by atoms with E-state index in [1.807, 2.05) is 20.0 Å². The summed E-state index contributed by atoms with van der Waals surface area (Å²) in [7, 11) is 1.88. The minimum absolute atomic E-state index is 0.229. The fourth-order valence-corrected chi connectivity index (χ4v) is 0.855. The zero-order chi connectivity index (χ0) is 7.56. The molecule has 0 unspecified atom stereocenters. The molecule has 1 aromatic heterocycles. The monoisotopic (exact) mass is 159 g/mol. The van der Waals surface area contributed by atoms with E-state index in [4.69, 9.17) is 16.0 Å². The summed E-state index contributed by atoms with van der Waals surface area (Å²) in [6.45, 7) is 2.01. The lowest BCUT2D eigenvalue weighted by Crippen LogP contribution is -2.10. The number of furan rings is 1. The van der Waals surface area contributed by atoms with Gasteiger partial charge in [-0.05, 0) is 37.7 Å². The molecule has 3 heteroatoms. The first-order valence-electron chi connectivity index (χ1n) is 3.16. The lowest BCUT2D eigenvalue weighted by Gasteiger charge is -2.04. The number of halogens is 1. The van der Waals surface area contributed by atoms with Gasteiger partial charge in [-0.3, -0.25) is 0 Å². The van der Waals surface area contributed by atoms with Crippen molar-refractivity contribution in [1.82, 2.24) is 5.32 Å². The molecule has 0 aliphatic carbocycles. The van der Waals surface area contributed by atoms with Crippen LogP contribution >= 0.6 is 11.6 Å². The molecule has 56 valence electrons. The van der Waals surface area contributed by atoms with Crippen molar-refractivity contribution in [1.29, 1.82) is 0 Å². The Kier molecular flexibility index (Phi) is 2.35. The fourth-order valence-electron chi connectivity index (χ4n) is 0.703. The van der Waals surface area contributed by atoms with Gasteiger partial charge in [-0.2, -0.15) is 0 Å². The standard InChI is InChI=1S/C7H10ClNO/c1-5(9-2)6-3-4-7(8)10-6/h3-5,9H,1-2H3/t5-/m1/s1. The molecule has 2 nitrogen and oxygen atoms in total. The molecule has 0 aromatic carbocycles. The molecule has 0 aliphatic heterocycles. The summed E-state index contributed by atoms with van der Waals surface area (Å²) in [4.78, 5) is 0. The molecule has 1 aromatic rings. The van der Waals surface area contributed by atoms with E-state index in [2.05, 4.69) is 5.32 Å². The number of hydrogen-bond donors (Lipinski definition) is 1. The average molecular weight is 160 g/mol. The topological polar surface area (TPSA) is 25.2 Å². The Morgan fingerprint density at radius 3 is 2.70 bits per heavy atom. The molecule has 1 heterocycles. The number of nitrogens with one attached hydrogen (secondary N) is 1. The maximum Gasteiger partial charge on any atom is 0.193 e. The third-order valence-electron chi connectivity index (χ3n) is 1.45. The van der Waals surface area contributed by atoms with Gasteiger partial charge < -0.3 is 9.73 Å². The lowest BCUT2D eigenvalue weighted by atomic mass is 10.3. The van der Waals surface area contributed by atoms with Crippen LogP contribution in [-0.2, 0) is 0 Å². The van der Waals surface area contributed by atoms with Gasteiger partial charge in [0.1, 0.15) is 5.76 Å². The van der Waals surface area contributed by atoms with Crippen LogP contribution in [0, 0.1) is 0 Å². The minimum atomic E-state index is 0.229. The van der Waals surface area contributed by atoms with Gasteiger partial charge in [-0.15, -0.1) is 0 Å². The zero-order valence-corrected chi connectivity index (χ0v) is 6.77. The molecule has 1 atom stereocenters. The van der Waals surface area contributed by atoms with Gasteiger partial charge in [-0.25, -0.2) is 0 Å². The van der Waals surface area contributed by atoms with E-state index in [1.165, 1.54) is 0 Å². The maximum atomic E-state index is 5.57. The van der Waals surface area contributed by atoms with Gasteiger partial charge in [0.25, 0.3) is 0 Å². The second-order valence-electron chi connectivity index (χ2n) is 2.15. The smallest absolute Gasteiger partial charge is 0.193 e. The summed E-state index contributed by atoms with van der Waals surface area (Å²) in [5, 5.41) is 3.48. The van der Waals surface area contributed by atoms with E-state index in [0.717, 1.165) is 5.76 Å².